The number of benzene rings is 1. The summed E-state index contributed by atoms with van der Waals surface area (Å²) >= 11 is 1.14. The summed E-state index contributed by atoms with van der Waals surface area (Å²) in [6.45, 7) is 6.77. The monoisotopic (exact) mass is 285 g/mol. The molecule has 1 amide bonds. The highest BCUT2D eigenvalue weighted by Gasteiger charge is 2.36. The minimum Gasteiger partial charge on any atom is -0.388 e. The van der Waals surface area contributed by atoms with E-state index in [9.17, 15) is 14.3 Å². The van der Waals surface area contributed by atoms with Crippen LogP contribution in [0.1, 0.15) is 27.7 Å². The molecular formula is C14H20FNO2S. The van der Waals surface area contributed by atoms with Gasteiger partial charge in [-0.15, -0.1) is 11.8 Å². The van der Waals surface area contributed by atoms with Gasteiger partial charge in [0.2, 0.25) is 5.91 Å². The fourth-order valence-corrected chi connectivity index (χ4v) is 1.98. The topological polar surface area (TPSA) is 49.3 Å². The van der Waals surface area contributed by atoms with Gasteiger partial charge >= 0.3 is 0 Å². The average Bonchev–Trinajstić information content (AvgIpc) is 2.26. The number of rotatable bonds is 5. The van der Waals surface area contributed by atoms with Crippen LogP contribution in [0.2, 0.25) is 0 Å². The first-order valence-corrected chi connectivity index (χ1v) is 7.03. The third-order valence-electron chi connectivity index (χ3n) is 3.18. The van der Waals surface area contributed by atoms with Crippen molar-refractivity contribution in [3.05, 3.63) is 30.1 Å². The molecular weight excluding hydrogens is 265 g/mol. The molecule has 0 aliphatic rings. The van der Waals surface area contributed by atoms with Gasteiger partial charge in [0, 0.05) is 4.90 Å². The molecule has 19 heavy (non-hydrogen) atoms. The predicted molar refractivity (Wildman–Crippen MR) is 75.6 cm³/mol. The van der Waals surface area contributed by atoms with Gasteiger partial charge in [0.25, 0.3) is 0 Å². The summed E-state index contributed by atoms with van der Waals surface area (Å²) in [5, 5.41) is 12.7. The maximum Gasteiger partial charge on any atom is 0.230 e. The fourth-order valence-electron chi connectivity index (χ4n) is 1.24. The van der Waals surface area contributed by atoms with Crippen molar-refractivity contribution in [3.63, 3.8) is 0 Å². The lowest BCUT2D eigenvalue weighted by Gasteiger charge is -2.37. The predicted octanol–water partition coefficient (Wildman–Crippen LogP) is 2.58. The molecule has 1 aromatic rings. The summed E-state index contributed by atoms with van der Waals surface area (Å²) in [6.07, 6.45) is 0. The zero-order valence-electron chi connectivity index (χ0n) is 11.7. The van der Waals surface area contributed by atoms with Crippen molar-refractivity contribution in [2.75, 3.05) is 5.75 Å². The summed E-state index contributed by atoms with van der Waals surface area (Å²) in [7, 11) is 0. The summed E-state index contributed by atoms with van der Waals surface area (Å²) in [5.41, 5.74) is -1.79. The quantitative estimate of drug-likeness (QED) is 0.818. The van der Waals surface area contributed by atoms with E-state index in [2.05, 4.69) is 5.32 Å². The second-order valence-corrected chi connectivity index (χ2v) is 6.47. The molecule has 5 heteroatoms. The Bertz CT molecular complexity index is 455. The highest BCUT2D eigenvalue weighted by molar-refractivity contribution is 8.00. The molecule has 0 radical (unpaired) electrons. The van der Waals surface area contributed by atoms with E-state index < -0.39 is 11.1 Å². The molecule has 0 spiro atoms. The van der Waals surface area contributed by atoms with Gasteiger partial charge in [-0.1, -0.05) is 12.1 Å². The van der Waals surface area contributed by atoms with E-state index in [1.807, 2.05) is 0 Å². The number of carbonyl (C=O) groups excluding carboxylic acids is 1. The maximum absolute atomic E-state index is 13.4. The van der Waals surface area contributed by atoms with Gasteiger partial charge in [-0.3, -0.25) is 4.79 Å². The van der Waals surface area contributed by atoms with Gasteiger partial charge in [0.15, 0.2) is 0 Å². The fraction of sp³-hybridized carbons (Fsp3) is 0.500. The molecule has 0 aliphatic carbocycles. The first-order chi connectivity index (χ1) is 8.63. The molecule has 0 heterocycles. The van der Waals surface area contributed by atoms with E-state index in [-0.39, 0.29) is 17.5 Å². The van der Waals surface area contributed by atoms with E-state index in [1.165, 1.54) is 6.07 Å². The molecule has 0 saturated carbocycles. The third-order valence-corrected chi connectivity index (χ3v) is 4.23. The lowest BCUT2D eigenvalue weighted by atomic mass is 9.86. The highest BCUT2D eigenvalue weighted by Crippen LogP contribution is 2.23. The summed E-state index contributed by atoms with van der Waals surface area (Å²) in [5.74, 6) is -0.456. The van der Waals surface area contributed by atoms with Gasteiger partial charge in [-0.05, 0) is 39.8 Å². The number of amides is 1. The van der Waals surface area contributed by atoms with E-state index in [0.29, 0.717) is 4.90 Å². The van der Waals surface area contributed by atoms with Crippen LogP contribution in [0.15, 0.2) is 29.2 Å². The summed E-state index contributed by atoms with van der Waals surface area (Å²) in [4.78, 5) is 12.3. The Kier molecular flexibility index (Phi) is 4.98. The molecule has 0 fully saturated rings. The first-order valence-electron chi connectivity index (χ1n) is 6.04. The lowest BCUT2D eigenvalue weighted by Crippen LogP contribution is -2.58. The molecule has 1 rings (SSSR count). The second-order valence-electron chi connectivity index (χ2n) is 5.45. The number of carbonyl (C=O) groups is 1. The second kappa shape index (κ2) is 5.92. The van der Waals surface area contributed by atoms with Crippen LogP contribution in [-0.4, -0.2) is 27.9 Å². The van der Waals surface area contributed by atoms with Crippen molar-refractivity contribution < 1.29 is 14.3 Å². The van der Waals surface area contributed by atoms with Crippen LogP contribution < -0.4 is 5.32 Å². The number of halogens is 1. The van der Waals surface area contributed by atoms with Crippen molar-refractivity contribution in [2.45, 2.75) is 43.7 Å². The van der Waals surface area contributed by atoms with Crippen LogP contribution in [0.5, 0.6) is 0 Å². The van der Waals surface area contributed by atoms with Gasteiger partial charge in [0.1, 0.15) is 5.82 Å². The average molecular weight is 285 g/mol. The first kappa shape index (κ1) is 16.0. The minimum absolute atomic E-state index is 0.112. The molecule has 2 N–H and O–H groups in total. The van der Waals surface area contributed by atoms with E-state index >= 15 is 0 Å². The van der Waals surface area contributed by atoms with Crippen molar-refractivity contribution in [3.8, 4) is 0 Å². The molecule has 106 valence electrons. The molecule has 0 unspecified atom stereocenters. The van der Waals surface area contributed by atoms with E-state index in [1.54, 1.807) is 45.9 Å². The van der Waals surface area contributed by atoms with Gasteiger partial charge < -0.3 is 10.4 Å². The van der Waals surface area contributed by atoms with Crippen LogP contribution in [0.25, 0.3) is 0 Å². The number of hydrogen-bond donors (Lipinski definition) is 2. The summed E-state index contributed by atoms with van der Waals surface area (Å²) in [6, 6.07) is 6.33. The molecule has 0 saturated heterocycles. The zero-order valence-corrected chi connectivity index (χ0v) is 12.5. The largest absolute Gasteiger partial charge is 0.388 e. The van der Waals surface area contributed by atoms with Crippen LogP contribution in [0.3, 0.4) is 0 Å². The van der Waals surface area contributed by atoms with E-state index in [0.717, 1.165) is 11.8 Å². The lowest BCUT2D eigenvalue weighted by molar-refractivity contribution is -0.123. The standard InChI is InChI=1S/C14H20FNO2S/c1-13(2,14(3,4)18)16-12(17)9-19-11-8-6-5-7-10(11)15/h5-8,18H,9H2,1-4H3,(H,16,17). The Morgan fingerprint density at radius 1 is 1.32 bits per heavy atom. The van der Waals surface area contributed by atoms with Crippen LogP contribution in [0, 0.1) is 5.82 Å². The molecule has 0 aliphatic heterocycles. The smallest absolute Gasteiger partial charge is 0.230 e. The van der Waals surface area contributed by atoms with Crippen molar-refractivity contribution >= 4 is 17.7 Å². The Balaban J connectivity index is 2.56. The molecule has 0 bridgehead atoms. The Hall–Kier alpha value is -1.07. The van der Waals surface area contributed by atoms with Crippen LogP contribution in [0.4, 0.5) is 4.39 Å². The molecule has 1 aromatic carbocycles. The zero-order chi connectivity index (χ0) is 14.7. The Labute approximate surface area is 117 Å². The van der Waals surface area contributed by atoms with Crippen LogP contribution in [-0.2, 0) is 4.79 Å². The molecule has 0 atom stereocenters. The Morgan fingerprint density at radius 2 is 1.89 bits per heavy atom. The van der Waals surface area contributed by atoms with Gasteiger partial charge in [-0.25, -0.2) is 4.39 Å². The van der Waals surface area contributed by atoms with Gasteiger partial charge in [0.05, 0.1) is 16.9 Å². The maximum atomic E-state index is 13.4. The minimum atomic E-state index is -1.04. The molecule has 0 aromatic heterocycles. The number of aliphatic hydroxyl groups is 1. The molecule has 3 nitrogen and oxygen atoms in total. The number of hydrogen-bond acceptors (Lipinski definition) is 3. The SMILES string of the molecule is CC(C)(O)C(C)(C)NC(=O)CSc1ccccc1F. The van der Waals surface area contributed by atoms with Gasteiger partial charge in [-0.2, -0.15) is 0 Å². The summed E-state index contributed by atoms with van der Waals surface area (Å²) < 4.78 is 13.4. The highest BCUT2D eigenvalue weighted by atomic mass is 32.2. The van der Waals surface area contributed by atoms with Crippen molar-refractivity contribution in [1.82, 2.24) is 5.32 Å². The van der Waals surface area contributed by atoms with Crippen molar-refractivity contribution in [1.29, 1.82) is 0 Å². The van der Waals surface area contributed by atoms with E-state index in [4.69, 9.17) is 0 Å². The number of thioether (sulfide) groups is 1. The Morgan fingerprint density at radius 3 is 2.42 bits per heavy atom. The van der Waals surface area contributed by atoms with Crippen molar-refractivity contribution in [2.24, 2.45) is 0 Å². The third kappa shape index (κ3) is 4.51. The number of nitrogens with one attached hydrogen (secondary N) is 1. The van der Waals surface area contributed by atoms with Crippen LogP contribution >= 0.6 is 11.8 Å². The normalized spacial score (nSPS) is 12.3.